The van der Waals surface area contributed by atoms with E-state index in [1.807, 2.05) is 30.0 Å². The first-order valence-electron chi connectivity index (χ1n) is 10.1. The van der Waals surface area contributed by atoms with Gasteiger partial charge >= 0.3 is 0 Å². The molecule has 0 spiro atoms. The molecular formula is C22H24Cl2N5OP. The minimum absolute atomic E-state index is 0.0652. The maximum atomic E-state index is 13.4. The Hall–Kier alpha value is -2.01. The molecule has 1 aliphatic rings. The summed E-state index contributed by atoms with van der Waals surface area (Å²) in [6, 6.07) is 10.8. The van der Waals surface area contributed by atoms with Crippen LogP contribution in [0, 0.1) is 6.92 Å². The van der Waals surface area contributed by atoms with E-state index < -0.39 is 0 Å². The van der Waals surface area contributed by atoms with Gasteiger partial charge in [0, 0.05) is 24.3 Å². The van der Waals surface area contributed by atoms with Crippen molar-refractivity contribution in [2.45, 2.75) is 25.9 Å². The summed E-state index contributed by atoms with van der Waals surface area (Å²) in [6.07, 6.45) is 1.88. The number of amides is 1. The van der Waals surface area contributed by atoms with Crippen LogP contribution in [0.2, 0.25) is 10.0 Å². The van der Waals surface area contributed by atoms with E-state index in [-0.39, 0.29) is 19.9 Å². The summed E-state index contributed by atoms with van der Waals surface area (Å²) in [5, 5.41) is 9.79. The molecule has 1 amide bonds. The monoisotopic (exact) mass is 475 g/mol. The number of fused-ring (bicyclic) bond motifs is 1. The van der Waals surface area contributed by atoms with Crippen molar-refractivity contribution in [3.05, 3.63) is 63.5 Å². The standard InChI is InChI=1S/C22H24Cl2N5OP/c1-14-5-4-6-18(25-14)20-26-27-21-19(9-12-31(2)3)28(10-11-29(20)21)22(30)15-7-8-16(23)17(24)13-15/h4-8,13,19H,9-12H2,1-3H3. The molecule has 1 aromatic carbocycles. The molecule has 0 saturated carbocycles. The third kappa shape index (κ3) is 4.62. The van der Waals surface area contributed by atoms with Crippen molar-refractivity contribution in [1.29, 1.82) is 0 Å². The fourth-order valence-corrected chi connectivity index (χ4v) is 4.90. The van der Waals surface area contributed by atoms with E-state index in [1.54, 1.807) is 18.2 Å². The first kappa shape index (κ1) is 22.2. The minimum atomic E-state index is -0.147. The van der Waals surface area contributed by atoms with Crippen molar-refractivity contribution >= 4 is 37.0 Å². The van der Waals surface area contributed by atoms with Crippen molar-refractivity contribution in [1.82, 2.24) is 24.6 Å². The van der Waals surface area contributed by atoms with Gasteiger partial charge in [0.25, 0.3) is 5.91 Å². The van der Waals surface area contributed by atoms with Crippen LogP contribution in [0.15, 0.2) is 36.4 Å². The number of hydrogen-bond acceptors (Lipinski definition) is 4. The molecule has 6 nitrogen and oxygen atoms in total. The molecular weight excluding hydrogens is 452 g/mol. The zero-order chi connectivity index (χ0) is 22.1. The zero-order valence-corrected chi connectivity index (χ0v) is 20.1. The second kappa shape index (κ2) is 9.23. The van der Waals surface area contributed by atoms with Crippen molar-refractivity contribution < 1.29 is 4.79 Å². The van der Waals surface area contributed by atoms with Crippen LogP contribution in [-0.2, 0) is 6.54 Å². The number of carbonyl (C=O) groups excluding carboxylic acids is 1. The lowest BCUT2D eigenvalue weighted by atomic mass is 10.1. The first-order valence-corrected chi connectivity index (χ1v) is 13.3. The molecule has 0 radical (unpaired) electrons. The predicted octanol–water partition coefficient (Wildman–Crippen LogP) is 5.28. The smallest absolute Gasteiger partial charge is 0.254 e. The van der Waals surface area contributed by atoms with Gasteiger partial charge in [0.1, 0.15) is 5.69 Å². The van der Waals surface area contributed by atoms with Crippen LogP contribution in [0.25, 0.3) is 11.5 Å². The SMILES string of the molecule is Cc1cccc(-c2nnc3n2CCN(C(=O)c2ccc(Cl)c(Cl)c2)C3CCP(C)C)n1. The normalized spacial score (nSPS) is 15.9. The fraction of sp³-hybridized carbons (Fsp3) is 0.364. The summed E-state index contributed by atoms with van der Waals surface area (Å²) in [4.78, 5) is 19.9. The van der Waals surface area contributed by atoms with Gasteiger partial charge < -0.3 is 9.47 Å². The highest BCUT2D eigenvalue weighted by Gasteiger charge is 2.35. The molecule has 0 fully saturated rings. The van der Waals surface area contributed by atoms with Gasteiger partial charge in [-0.05, 0) is 63.2 Å². The largest absolute Gasteiger partial charge is 0.327 e. The highest BCUT2D eigenvalue weighted by molar-refractivity contribution is 7.55. The van der Waals surface area contributed by atoms with Crippen LogP contribution < -0.4 is 0 Å². The minimum Gasteiger partial charge on any atom is -0.327 e. The van der Waals surface area contributed by atoms with Crippen molar-refractivity contribution in [2.75, 3.05) is 26.0 Å². The molecule has 3 heterocycles. The van der Waals surface area contributed by atoms with Gasteiger partial charge in [0.05, 0.1) is 16.1 Å². The highest BCUT2D eigenvalue weighted by Crippen LogP contribution is 2.36. The van der Waals surface area contributed by atoms with Crippen LogP contribution in [0.5, 0.6) is 0 Å². The number of nitrogens with zero attached hydrogens (tertiary/aromatic N) is 5. The first-order chi connectivity index (χ1) is 14.8. The fourth-order valence-electron chi connectivity index (χ4n) is 3.85. The summed E-state index contributed by atoms with van der Waals surface area (Å²) >= 11 is 12.2. The maximum absolute atomic E-state index is 13.4. The van der Waals surface area contributed by atoms with Gasteiger partial charge in [-0.25, -0.2) is 4.98 Å². The molecule has 1 atom stereocenters. The van der Waals surface area contributed by atoms with E-state index in [0.29, 0.717) is 28.7 Å². The van der Waals surface area contributed by atoms with E-state index in [9.17, 15) is 4.79 Å². The molecule has 0 bridgehead atoms. The van der Waals surface area contributed by atoms with Gasteiger partial charge in [0.15, 0.2) is 11.6 Å². The Kier molecular flexibility index (Phi) is 6.61. The molecule has 1 unspecified atom stereocenters. The summed E-state index contributed by atoms with van der Waals surface area (Å²) in [6.45, 7) is 7.64. The number of rotatable bonds is 5. The number of benzene rings is 1. The maximum Gasteiger partial charge on any atom is 0.254 e. The number of carbonyl (C=O) groups is 1. The number of aryl methyl sites for hydroxylation is 1. The van der Waals surface area contributed by atoms with E-state index in [4.69, 9.17) is 23.2 Å². The van der Waals surface area contributed by atoms with E-state index in [1.165, 1.54) is 0 Å². The Morgan fingerprint density at radius 2 is 1.94 bits per heavy atom. The molecule has 1 aliphatic heterocycles. The van der Waals surface area contributed by atoms with Gasteiger partial charge in [-0.1, -0.05) is 29.3 Å². The number of pyridine rings is 1. The topological polar surface area (TPSA) is 63.9 Å². The Morgan fingerprint density at radius 3 is 2.65 bits per heavy atom. The van der Waals surface area contributed by atoms with E-state index in [2.05, 4.69) is 33.1 Å². The summed E-state index contributed by atoms with van der Waals surface area (Å²) in [5.74, 6) is 1.50. The summed E-state index contributed by atoms with van der Waals surface area (Å²) in [7, 11) is -0.104. The molecule has 9 heteroatoms. The van der Waals surface area contributed by atoms with E-state index in [0.717, 1.165) is 35.6 Å². The molecule has 4 rings (SSSR count). The van der Waals surface area contributed by atoms with Gasteiger partial charge in [-0.15, -0.1) is 18.1 Å². The molecule has 31 heavy (non-hydrogen) atoms. The average Bonchev–Trinajstić information content (AvgIpc) is 3.17. The van der Waals surface area contributed by atoms with Gasteiger partial charge in [0.2, 0.25) is 0 Å². The summed E-state index contributed by atoms with van der Waals surface area (Å²) < 4.78 is 2.11. The zero-order valence-electron chi connectivity index (χ0n) is 17.7. The lowest BCUT2D eigenvalue weighted by molar-refractivity contribution is 0.0612. The Balaban J connectivity index is 1.70. The number of halogens is 2. The van der Waals surface area contributed by atoms with Crippen molar-refractivity contribution in [3.8, 4) is 11.5 Å². The Labute approximate surface area is 193 Å². The van der Waals surface area contributed by atoms with Crippen LogP contribution in [0.4, 0.5) is 0 Å². The van der Waals surface area contributed by atoms with Gasteiger partial charge in [-0.3, -0.25) is 4.79 Å². The number of hydrogen-bond donors (Lipinski definition) is 0. The molecule has 0 saturated heterocycles. The second-order valence-electron chi connectivity index (χ2n) is 7.93. The Morgan fingerprint density at radius 1 is 1.13 bits per heavy atom. The molecule has 0 N–H and O–H groups in total. The highest BCUT2D eigenvalue weighted by atomic mass is 35.5. The average molecular weight is 476 g/mol. The van der Waals surface area contributed by atoms with Crippen LogP contribution in [-0.4, -0.2) is 56.6 Å². The second-order valence-corrected chi connectivity index (χ2v) is 11.4. The molecule has 0 aliphatic carbocycles. The lowest BCUT2D eigenvalue weighted by Crippen LogP contribution is -2.42. The molecule has 2 aromatic heterocycles. The molecule has 162 valence electrons. The third-order valence-electron chi connectivity index (χ3n) is 5.41. The predicted molar refractivity (Wildman–Crippen MR) is 126 cm³/mol. The lowest BCUT2D eigenvalue weighted by Gasteiger charge is -2.36. The third-order valence-corrected chi connectivity index (χ3v) is 7.30. The van der Waals surface area contributed by atoms with E-state index >= 15 is 0 Å². The van der Waals surface area contributed by atoms with Crippen molar-refractivity contribution in [2.24, 2.45) is 0 Å². The van der Waals surface area contributed by atoms with Crippen molar-refractivity contribution in [3.63, 3.8) is 0 Å². The van der Waals surface area contributed by atoms with Crippen LogP contribution in [0.3, 0.4) is 0 Å². The molecule has 3 aromatic rings. The summed E-state index contributed by atoms with van der Waals surface area (Å²) in [5.41, 5.74) is 2.26. The number of aromatic nitrogens is 4. The quantitative estimate of drug-likeness (QED) is 0.470. The van der Waals surface area contributed by atoms with Gasteiger partial charge in [-0.2, -0.15) is 0 Å². The van der Waals surface area contributed by atoms with Crippen LogP contribution in [0.1, 0.15) is 34.3 Å². The Bertz CT molecular complexity index is 1120. The van der Waals surface area contributed by atoms with Crippen LogP contribution >= 0.6 is 31.1 Å².